The van der Waals surface area contributed by atoms with Crippen LogP contribution in [0.5, 0.6) is 0 Å². The number of rotatable bonds is 4. The average Bonchev–Trinajstić information content (AvgIpc) is 1.99. The third-order valence-electron chi connectivity index (χ3n) is 1.72. The second kappa shape index (κ2) is 8.27. The van der Waals surface area contributed by atoms with Crippen LogP contribution >= 0.6 is 0 Å². The van der Waals surface area contributed by atoms with E-state index in [1.807, 2.05) is 6.08 Å². The number of nitrogens with zero attached hydrogens (tertiary/aromatic N) is 1. The van der Waals surface area contributed by atoms with E-state index < -0.39 is 0 Å². The smallest absolute Gasteiger partial charge is 0.316 e. The maximum atomic E-state index is 3.72. The van der Waals surface area contributed by atoms with Gasteiger partial charge in [0.15, 0.2) is 0 Å². The summed E-state index contributed by atoms with van der Waals surface area (Å²) in [5, 5.41) is 0. The summed E-state index contributed by atoms with van der Waals surface area (Å²) in [7, 11) is 0. The number of hydrogen-bond donors (Lipinski definition) is 0. The Hall–Kier alpha value is 0.167. The fraction of sp³-hybridized carbons (Fsp3) is 0.667. The summed E-state index contributed by atoms with van der Waals surface area (Å²) in [6.07, 6.45) is 1.93. The second-order valence-electron chi connectivity index (χ2n) is 2.51. The zero-order valence-corrected chi connectivity index (χ0v) is 8.35. The van der Waals surface area contributed by atoms with Crippen molar-refractivity contribution in [2.45, 2.75) is 20.8 Å². The van der Waals surface area contributed by atoms with Gasteiger partial charge in [0.1, 0.15) is 0 Å². The summed E-state index contributed by atoms with van der Waals surface area (Å²) >= 11 is 0. The van der Waals surface area contributed by atoms with E-state index in [4.69, 9.17) is 0 Å². The summed E-state index contributed by atoms with van der Waals surface area (Å²) in [6.45, 7) is 13.5. The van der Waals surface area contributed by atoms with Crippen LogP contribution in [0.4, 0.5) is 0 Å². The van der Waals surface area contributed by atoms with Gasteiger partial charge in [-0.2, -0.15) is 0 Å². The molecule has 0 aliphatic carbocycles. The number of likely N-dealkylation sites (N-methyl/N-ethyl adjacent to an activating group) is 1. The molecule has 0 amide bonds. The van der Waals surface area contributed by atoms with Crippen molar-refractivity contribution >= 4 is 0 Å². The van der Waals surface area contributed by atoms with Gasteiger partial charge in [0.25, 0.3) is 0 Å². The Labute approximate surface area is 83.0 Å². The van der Waals surface area contributed by atoms with E-state index in [0.29, 0.717) is 0 Å². The summed E-state index contributed by atoms with van der Waals surface area (Å²) in [5.74, 6) is 0. The first-order valence-electron chi connectivity index (χ1n) is 3.91. The monoisotopic (exact) mass is 147 g/mol. The van der Waals surface area contributed by atoms with Crippen molar-refractivity contribution in [1.29, 1.82) is 0 Å². The van der Waals surface area contributed by atoms with Crippen molar-refractivity contribution in [1.82, 2.24) is 4.90 Å². The molecule has 0 aliphatic rings. The van der Waals surface area contributed by atoms with Crippen molar-refractivity contribution in [2.75, 3.05) is 19.6 Å². The van der Waals surface area contributed by atoms with Crippen molar-refractivity contribution in [3.8, 4) is 0 Å². The van der Waals surface area contributed by atoms with Crippen molar-refractivity contribution in [3.05, 3.63) is 18.6 Å². The predicted molar refractivity (Wildman–Crippen MR) is 46.9 cm³/mol. The zero-order chi connectivity index (χ0) is 7.98. The molecule has 0 atom stereocenters. The molecule has 0 aromatic heterocycles. The average molecular weight is 147 g/mol. The summed E-state index contributed by atoms with van der Waals surface area (Å²) in [6, 6.07) is 0. The molecule has 0 aliphatic heterocycles. The molecule has 0 radical (unpaired) electrons. The molecule has 0 bridgehead atoms. The first-order valence-corrected chi connectivity index (χ1v) is 3.91. The maximum Gasteiger partial charge on any atom is 1.00 e. The van der Waals surface area contributed by atoms with Gasteiger partial charge in [0.2, 0.25) is 0 Å². The Morgan fingerprint density at radius 1 is 1.36 bits per heavy atom. The predicted octanol–water partition coefficient (Wildman–Crippen LogP) is -0.887. The molecular formula is C9H18LiN. The van der Waals surface area contributed by atoms with Crippen LogP contribution in [0.15, 0.2) is 11.6 Å². The van der Waals surface area contributed by atoms with Crippen molar-refractivity contribution < 1.29 is 18.9 Å². The Kier molecular flexibility index (Phi) is 10.3. The second-order valence-corrected chi connectivity index (χ2v) is 2.51. The minimum atomic E-state index is 0. The van der Waals surface area contributed by atoms with Gasteiger partial charge < -0.3 is 4.90 Å². The van der Waals surface area contributed by atoms with Gasteiger partial charge in [0.05, 0.1) is 0 Å². The molecular weight excluding hydrogens is 129 g/mol. The largest absolute Gasteiger partial charge is 1.00 e. The molecule has 0 heterocycles. The Bertz CT molecular complexity index is 106. The normalized spacial score (nSPS) is 11.5. The molecule has 60 valence electrons. The van der Waals surface area contributed by atoms with Crippen LogP contribution in [0.3, 0.4) is 0 Å². The van der Waals surface area contributed by atoms with Gasteiger partial charge in [-0.15, -0.1) is 6.92 Å². The fourth-order valence-electron chi connectivity index (χ4n) is 0.864. The Balaban J connectivity index is 0. The minimum absolute atomic E-state index is 0. The quantitative estimate of drug-likeness (QED) is 0.368. The SMILES string of the molecule is [CH2-]/C=C(\C)CN(CC)CC.[Li+]. The number of hydrogen-bond acceptors (Lipinski definition) is 1. The van der Waals surface area contributed by atoms with Crippen LogP contribution in [0.2, 0.25) is 0 Å². The van der Waals surface area contributed by atoms with Gasteiger partial charge in [-0.25, -0.2) is 18.6 Å². The summed E-state index contributed by atoms with van der Waals surface area (Å²) < 4.78 is 0. The molecule has 0 rings (SSSR count). The van der Waals surface area contributed by atoms with E-state index in [9.17, 15) is 0 Å². The van der Waals surface area contributed by atoms with E-state index in [1.54, 1.807) is 0 Å². The number of allylic oxidation sites excluding steroid dienone is 1. The maximum absolute atomic E-state index is 3.72. The van der Waals surface area contributed by atoms with Gasteiger partial charge in [-0.1, -0.05) is 13.8 Å². The van der Waals surface area contributed by atoms with Gasteiger partial charge in [-0.3, -0.25) is 0 Å². The molecule has 1 nitrogen and oxygen atoms in total. The molecule has 0 saturated carbocycles. The van der Waals surface area contributed by atoms with Crippen LogP contribution in [0, 0.1) is 6.92 Å². The third-order valence-corrected chi connectivity index (χ3v) is 1.72. The molecule has 2 heteroatoms. The molecule has 0 saturated heterocycles. The fourth-order valence-corrected chi connectivity index (χ4v) is 0.864. The van der Waals surface area contributed by atoms with Crippen LogP contribution in [0.25, 0.3) is 0 Å². The molecule has 0 unspecified atom stereocenters. The van der Waals surface area contributed by atoms with Gasteiger partial charge >= 0.3 is 18.9 Å². The summed E-state index contributed by atoms with van der Waals surface area (Å²) in [5.41, 5.74) is 1.35. The van der Waals surface area contributed by atoms with Crippen LogP contribution in [-0.2, 0) is 0 Å². The first-order chi connectivity index (χ1) is 4.74. The Morgan fingerprint density at radius 3 is 2.09 bits per heavy atom. The van der Waals surface area contributed by atoms with Crippen LogP contribution in [-0.4, -0.2) is 24.5 Å². The van der Waals surface area contributed by atoms with E-state index in [-0.39, 0.29) is 18.9 Å². The molecule has 0 fully saturated rings. The summed E-state index contributed by atoms with van der Waals surface area (Å²) in [4.78, 5) is 2.37. The topological polar surface area (TPSA) is 3.24 Å². The van der Waals surface area contributed by atoms with E-state index >= 15 is 0 Å². The molecule has 0 aromatic carbocycles. The standard InChI is InChI=1S/C9H18N.Li/c1-5-9(4)8-10(6-2)7-3;/h5H,1,6-8H2,2-4H3;/q-1;+1/b9-5+;. The van der Waals surface area contributed by atoms with E-state index in [1.165, 1.54) is 5.57 Å². The molecule has 11 heavy (non-hydrogen) atoms. The van der Waals surface area contributed by atoms with Gasteiger partial charge in [0, 0.05) is 0 Å². The molecule has 0 spiro atoms. The molecule has 0 aromatic rings. The first kappa shape index (κ1) is 13.7. The zero-order valence-electron chi connectivity index (χ0n) is 8.35. The molecule has 0 N–H and O–H groups in total. The van der Waals surface area contributed by atoms with Crippen molar-refractivity contribution in [2.24, 2.45) is 0 Å². The van der Waals surface area contributed by atoms with Crippen LogP contribution < -0.4 is 18.9 Å². The Morgan fingerprint density at radius 2 is 1.82 bits per heavy atom. The van der Waals surface area contributed by atoms with E-state index in [0.717, 1.165) is 19.6 Å². The third kappa shape index (κ3) is 6.56. The van der Waals surface area contributed by atoms with Crippen molar-refractivity contribution in [3.63, 3.8) is 0 Å². The van der Waals surface area contributed by atoms with Crippen LogP contribution in [0.1, 0.15) is 20.8 Å². The van der Waals surface area contributed by atoms with Gasteiger partial charge in [-0.05, 0) is 19.6 Å². The van der Waals surface area contributed by atoms with E-state index in [2.05, 4.69) is 32.6 Å². The minimum Gasteiger partial charge on any atom is -0.316 e.